The van der Waals surface area contributed by atoms with Crippen LogP contribution in [0, 0.1) is 0 Å². The largest absolute Gasteiger partial charge is 0.378 e. The number of nitrogens with zero attached hydrogens (tertiary/aromatic N) is 1. The molecule has 100 valence electrons. The summed E-state index contributed by atoms with van der Waals surface area (Å²) in [6.45, 7) is 2.50. The van der Waals surface area contributed by atoms with Crippen molar-refractivity contribution in [3.63, 3.8) is 0 Å². The van der Waals surface area contributed by atoms with Gasteiger partial charge in [0.1, 0.15) is 0 Å². The van der Waals surface area contributed by atoms with E-state index in [1.165, 1.54) is 17.7 Å². The smallest absolute Gasteiger partial charge is 0.188 e. The first kappa shape index (κ1) is 13.4. The van der Waals surface area contributed by atoms with Crippen molar-refractivity contribution in [2.75, 3.05) is 19.7 Å². The molecule has 0 amide bonds. The third-order valence-corrected chi connectivity index (χ3v) is 3.95. The van der Waals surface area contributed by atoms with Crippen LogP contribution in [0.25, 0.3) is 0 Å². The zero-order valence-electron chi connectivity index (χ0n) is 10.6. The maximum absolute atomic E-state index is 5.80. The van der Waals surface area contributed by atoms with Crippen LogP contribution in [0.5, 0.6) is 0 Å². The average molecular weight is 267 g/mol. The van der Waals surface area contributed by atoms with Gasteiger partial charge >= 0.3 is 0 Å². The van der Waals surface area contributed by atoms with Crippen LogP contribution in [0.3, 0.4) is 0 Å². The molecule has 1 saturated heterocycles. The molecule has 0 saturated carbocycles. The second-order valence-electron chi connectivity index (χ2n) is 4.45. The second kappa shape index (κ2) is 7.38. The summed E-state index contributed by atoms with van der Waals surface area (Å²) in [5.41, 5.74) is 5.80. The highest BCUT2D eigenvalue weighted by Gasteiger charge is 2.14. The van der Waals surface area contributed by atoms with E-state index in [0.29, 0.717) is 12.1 Å². The van der Waals surface area contributed by atoms with Crippen LogP contribution in [0.2, 0.25) is 0 Å². The normalized spacial score (nSPS) is 20.2. The Morgan fingerprint density at radius 2 is 2.56 bits per heavy atom. The Labute approximate surface area is 112 Å². The van der Waals surface area contributed by atoms with Crippen molar-refractivity contribution in [2.24, 2.45) is 10.7 Å². The van der Waals surface area contributed by atoms with Gasteiger partial charge in [0.15, 0.2) is 5.96 Å². The third kappa shape index (κ3) is 4.66. The number of aliphatic imine (C=N–C) groups is 1. The number of hydrogen-bond acceptors (Lipinski definition) is 3. The van der Waals surface area contributed by atoms with Crippen molar-refractivity contribution in [1.82, 2.24) is 5.32 Å². The lowest BCUT2D eigenvalue weighted by molar-refractivity contribution is 0.106. The van der Waals surface area contributed by atoms with E-state index in [4.69, 9.17) is 10.5 Å². The molecule has 1 aromatic heterocycles. The Hall–Kier alpha value is -1.07. The Morgan fingerprint density at radius 1 is 1.61 bits per heavy atom. The van der Waals surface area contributed by atoms with Crippen LogP contribution >= 0.6 is 11.3 Å². The quantitative estimate of drug-likeness (QED) is 0.610. The maximum Gasteiger partial charge on any atom is 0.188 e. The molecule has 5 heteroatoms. The number of rotatable bonds is 6. The van der Waals surface area contributed by atoms with Gasteiger partial charge in [-0.15, -0.1) is 11.3 Å². The van der Waals surface area contributed by atoms with Crippen molar-refractivity contribution < 1.29 is 4.74 Å². The van der Waals surface area contributed by atoms with Crippen LogP contribution in [-0.2, 0) is 11.2 Å². The molecule has 1 unspecified atom stereocenters. The van der Waals surface area contributed by atoms with Crippen molar-refractivity contribution >= 4 is 17.3 Å². The fraction of sp³-hybridized carbons (Fsp3) is 0.615. The SMILES string of the molecule is NC(=NCCC1CCCO1)NCCc1cccs1. The summed E-state index contributed by atoms with van der Waals surface area (Å²) in [7, 11) is 0. The summed E-state index contributed by atoms with van der Waals surface area (Å²) >= 11 is 1.77. The van der Waals surface area contributed by atoms with E-state index >= 15 is 0 Å². The first-order chi connectivity index (χ1) is 8.84. The lowest BCUT2D eigenvalue weighted by Gasteiger charge is -2.08. The predicted octanol–water partition coefficient (Wildman–Crippen LogP) is 1.76. The first-order valence-corrected chi connectivity index (χ1v) is 7.40. The lowest BCUT2D eigenvalue weighted by atomic mass is 10.2. The molecule has 1 aromatic rings. The summed E-state index contributed by atoms with van der Waals surface area (Å²) in [5, 5.41) is 5.23. The maximum atomic E-state index is 5.80. The van der Waals surface area contributed by atoms with Crippen LogP contribution in [0.1, 0.15) is 24.1 Å². The first-order valence-electron chi connectivity index (χ1n) is 6.52. The number of guanidine groups is 1. The predicted molar refractivity (Wildman–Crippen MR) is 76.1 cm³/mol. The number of hydrogen-bond donors (Lipinski definition) is 2. The molecule has 1 fully saturated rings. The van der Waals surface area contributed by atoms with E-state index in [1.807, 2.05) is 0 Å². The topological polar surface area (TPSA) is 59.6 Å². The highest BCUT2D eigenvalue weighted by molar-refractivity contribution is 7.09. The van der Waals surface area contributed by atoms with Crippen molar-refractivity contribution in [3.8, 4) is 0 Å². The summed E-state index contributed by atoms with van der Waals surface area (Å²) in [5.74, 6) is 0.546. The summed E-state index contributed by atoms with van der Waals surface area (Å²) in [6, 6.07) is 4.20. The van der Waals surface area contributed by atoms with E-state index in [2.05, 4.69) is 27.8 Å². The van der Waals surface area contributed by atoms with Gasteiger partial charge < -0.3 is 15.8 Å². The fourth-order valence-corrected chi connectivity index (χ4v) is 2.73. The zero-order chi connectivity index (χ0) is 12.6. The van der Waals surface area contributed by atoms with Crippen LogP contribution in [0.15, 0.2) is 22.5 Å². The van der Waals surface area contributed by atoms with Gasteiger partial charge in [0.2, 0.25) is 0 Å². The van der Waals surface area contributed by atoms with Gasteiger partial charge in [-0.2, -0.15) is 0 Å². The zero-order valence-corrected chi connectivity index (χ0v) is 11.4. The van der Waals surface area contributed by atoms with Gasteiger partial charge in [-0.25, -0.2) is 0 Å². The monoisotopic (exact) mass is 267 g/mol. The van der Waals surface area contributed by atoms with E-state index in [0.717, 1.165) is 32.5 Å². The van der Waals surface area contributed by atoms with Gasteiger partial charge in [-0.1, -0.05) is 6.07 Å². The van der Waals surface area contributed by atoms with Crippen molar-refractivity contribution in [1.29, 1.82) is 0 Å². The van der Waals surface area contributed by atoms with E-state index in [-0.39, 0.29) is 0 Å². The van der Waals surface area contributed by atoms with Crippen molar-refractivity contribution in [3.05, 3.63) is 22.4 Å². The fourth-order valence-electron chi connectivity index (χ4n) is 2.03. The van der Waals surface area contributed by atoms with Crippen molar-refractivity contribution in [2.45, 2.75) is 31.8 Å². The molecule has 0 bridgehead atoms. The molecule has 3 N–H and O–H groups in total. The molecule has 0 radical (unpaired) electrons. The summed E-state index contributed by atoms with van der Waals surface area (Å²) in [6.07, 6.45) is 4.73. The Kier molecular flexibility index (Phi) is 5.48. The number of ether oxygens (including phenoxy) is 1. The molecule has 2 rings (SSSR count). The minimum absolute atomic E-state index is 0.396. The minimum atomic E-state index is 0.396. The Bertz CT molecular complexity index is 358. The molecule has 0 aliphatic carbocycles. The van der Waals surface area contributed by atoms with Gasteiger partial charge in [0, 0.05) is 24.6 Å². The average Bonchev–Trinajstić information content (AvgIpc) is 3.01. The molecule has 0 aromatic carbocycles. The third-order valence-electron chi connectivity index (χ3n) is 3.01. The molecule has 4 nitrogen and oxygen atoms in total. The van der Waals surface area contributed by atoms with Gasteiger partial charge in [0.25, 0.3) is 0 Å². The molecular formula is C13H21N3OS. The highest BCUT2D eigenvalue weighted by Crippen LogP contribution is 2.14. The molecule has 18 heavy (non-hydrogen) atoms. The number of nitrogens with one attached hydrogen (secondary N) is 1. The Morgan fingerprint density at radius 3 is 3.28 bits per heavy atom. The van der Waals surface area contributed by atoms with Gasteiger partial charge in [0.05, 0.1) is 6.10 Å². The van der Waals surface area contributed by atoms with Gasteiger partial charge in [-0.3, -0.25) is 4.99 Å². The second-order valence-corrected chi connectivity index (χ2v) is 5.48. The van der Waals surface area contributed by atoms with E-state index in [1.54, 1.807) is 11.3 Å². The number of nitrogens with two attached hydrogens (primary N) is 1. The van der Waals surface area contributed by atoms with Gasteiger partial charge in [-0.05, 0) is 37.1 Å². The molecule has 0 spiro atoms. The molecule has 1 aliphatic heterocycles. The lowest BCUT2D eigenvalue weighted by Crippen LogP contribution is -2.33. The summed E-state index contributed by atoms with van der Waals surface area (Å²) < 4.78 is 5.54. The number of thiophene rings is 1. The highest BCUT2D eigenvalue weighted by atomic mass is 32.1. The molecule has 1 aliphatic rings. The standard InChI is InChI=1S/C13H21N3OS/c14-13(15-7-5-11-3-1-9-17-11)16-8-6-12-4-2-10-18-12/h2,4,10-11H,1,3,5-9H2,(H3,14,15,16). The molecular weight excluding hydrogens is 246 g/mol. The molecule has 1 atom stereocenters. The molecule has 2 heterocycles. The minimum Gasteiger partial charge on any atom is -0.378 e. The van der Waals surface area contributed by atoms with E-state index in [9.17, 15) is 0 Å². The van der Waals surface area contributed by atoms with Crippen LogP contribution in [0.4, 0.5) is 0 Å². The van der Waals surface area contributed by atoms with Crippen LogP contribution in [-0.4, -0.2) is 31.8 Å². The summed E-state index contributed by atoms with van der Waals surface area (Å²) in [4.78, 5) is 5.68. The van der Waals surface area contributed by atoms with Crippen LogP contribution < -0.4 is 11.1 Å². The van der Waals surface area contributed by atoms with E-state index < -0.39 is 0 Å². The Balaban J connectivity index is 1.57.